The molecule has 0 atom stereocenters. The van der Waals surface area contributed by atoms with Gasteiger partial charge in [-0.2, -0.15) is 7.82 Å². The molecule has 0 aliphatic carbocycles. The summed E-state index contributed by atoms with van der Waals surface area (Å²) in [6.07, 6.45) is 6.10. The monoisotopic (exact) mass is 1060 g/mol. The molecule has 0 bridgehead atoms. The third kappa shape index (κ3) is 98.5. The number of hydrogen-bond acceptors (Lipinski definition) is 17. The van der Waals surface area contributed by atoms with Gasteiger partial charge in [-0.3, -0.25) is 24.0 Å². The normalized spacial score (nSPS) is 11.4. The molecule has 26 nitrogen and oxygen atoms in total. The fourth-order valence-electron chi connectivity index (χ4n) is 4.19. The number of phosphoric acid groups is 1. The van der Waals surface area contributed by atoms with Crippen LogP contribution in [-0.4, -0.2) is 242 Å². The standard InChI is InChI=1S/4C9H21N3O.C6H14N2O4S.H3O4P/c4*1-12(2,3)8-7-11-9(13)5-4-6-10;7-3-1-2-6(9)8-4-5-13(10,11)12;1-5(2,3)4/h4*4-8,10H2,1-3H3;1-5,7H2,(H,8,9)(H,10,11,12);(H3,1,2,3,4). The summed E-state index contributed by atoms with van der Waals surface area (Å²) < 4.78 is 42.3. The molecule has 0 heterocycles. The summed E-state index contributed by atoms with van der Waals surface area (Å²) >= 11 is 0. The largest absolute Gasteiger partial charge is 0.822 e. The minimum Gasteiger partial charge on any atom is -0.822 e. The van der Waals surface area contributed by atoms with E-state index in [4.69, 9.17) is 47.9 Å². The number of nitrogens with two attached hydrogens (primary N) is 5. The van der Waals surface area contributed by atoms with Crippen LogP contribution >= 0.6 is 7.82 Å². The second-order valence-corrected chi connectivity index (χ2v) is 22.4. The van der Waals surface area contributed by atoms with Gasteiger partial charge >= 0.3 is 0 Å². The molecule has 422 valence electrons. The summed E-state index contributed by atoms with van der Waals surface area (Å²) in [5.74, 6) is -0.411. The average Bonchev–Trinajstić information content (AvgIpc) is 3.17. The van der Waals surface area contributed by atoms with Crippen molar-refractivity contribution in [2.24, 2.45) is 28.7 Å². The Morgan fingerprint density at radius 2 is 0.557 bits per heavy atom. The number of amides is 5. The van der Waals surface area contributed by atoms with Crippen molar-refractivity contribution >= 4 is 47.5 Å². The number of carbonyl (C=O) groups is 5. The summed E-state index contributed by atoms with van der Waals surface area (Å²) in [4.78, 5) is 80.9. The fraction of sp³-hybridized carbons (Fsp3) is 0.881. The van der Waals surface area contributed by atoms with Crippen LogP contribution in [0.4, 0.5) is 0 Å². The van der Waals surface area contributed by atoms with E-state index in [0.717, 1.165) is 96.0 Å². The van der Waals surface area contributed by atoms with Crippen molar-refractivity contribution in [2.45, 2.75) is 64.2 Å². The molecule has 0 aromatic rings. The quantitative estimate of drug-likeness (QED) is 0.0182. The van der Waals surface area contributed by atoms with E-state index in [2.05, 4.69) is 111 Å². The summed E-state index contributed by atoms with van der Waals surface area (Å²) in [6, 6.07) is 0. The van der Waals surface area contributed by atoms with Gasteiger partial charge in [0.2, 0.25) is 29.5 Å². The maximum atomic E-state index is 11.1. The maximum absolute atomic E-state index is 11.1. The Kier molecular flexibility index (Phi) is 51.4. The highest BCUT2D eigenvalue weighted by molar-refractivity contribution is 7.85. The lowest BCUT2D eigenvalue weighted by atomic mass is 10.3. The first-order chi connectivity index (χ1) is 31.8. The molecule has 0 rings (SSSR count). The van der Waals surface area contributed by atoms with Gasteiger partial charge in [0.05, 0.1) is 153 Å². The molecule has 0 aliphatic rings. The lowest BCUT2D eigenvalue weighted by Crippen LogP contribution is -2.41. The van der Waals surface area contributed by atoms with Crippen LogP contribution in [-0.2, 0) is 38.7 Å². The van der Waals surface area contributed by atoms with E-state index in [0.29, 0.717) is 64.8 Å². The summed E-state index contributed by atoms with van der Waals surface area (Å²) in [5, 5.41) is 13.8. The zero-order valence-corrected chi connectivity index (χ0v) is 46.8. The Morgan fingerprint density at radius 1 is 0.400 bits per heavy atom. The molecule has 0 aliphatic heterocycles. The topological polar surface area (TPSA) is 419 Å². The van der Waals surface area contributed by atoms with E-state index in [-0.39, 0.29) is 42.5 Å². The predicted octanol–water partition coefficient (Wildman–Crippen LogP) is -6.25. The molecule has 0 saturated heterocycles. The third-order valence-electron chi connectivity index (χ3n) is 8.13. The maximum Gasteiger partial charge on any atom is 0.220 e. The Hall–Kier alpha value is -2.99. The Balaban J connectivity index is -0.000000178. The molecule has 70 heavy (non-hydrogen) atoms. The number of hydrogen-bond donors (Lipinski definition) is 10. The molecule has 15 N–H and O–H groups in total. The van der Waals surface area contributed by atoms with Crippen molar-refractivity contribution in [2.75, 3.05) is 182 Å². The van der Waals surface area contributed by atoms with Gasteiger partial charge in [0.15, 0.2) is 0 Å². The van der Waals surface area contributed by atoms with Gasteiger partial charge in [0, 0.05) is 38.6 Å². The van der Waals surface area contributed by atoms with E-state index >= 15 is 0 Å². The van der Waals surface area contributed by atoms with E-state index in [1.165, 1.54) is 0 Å². The van der Waals surface area contributed by atoms with Gasteiger partial charge in [-0.25, -0.2) is 8.42 Å². The van der Waals surface area contributed by atoms with Crippen LogP contribution in [0.25, 0.3) is 0 Å². The second kappa shape index (κ2) is 45.8. The highest BCUT2D eigenvalue weighted by Crippen LogP contribution is 2.03. The van der Waals surface area contributed by atoms with Crippen molar-refractivity contribution in [1.82, 2.24) is 26.6 Å². The lowest BCUT2D eigenvalue weighted by Gasteiger charge is -2.36. The van der Waals surface area contributed by atoms with Crippen molar-refractivity contribution in [3.05, 3.63) is 0 Å². The first kappa shape index (κ1) is 78.4. The molecule has 0 fully saturated rings. The summed E-state index contributed by atoms with van der Waals surface area (Å²) in [5.41, 5.74) is 26.3. The highest BCUT2D eigenvalue weighted by atomic mass is 32.2. The number of likely N-dealkylation sites (N-methyl/N-ethyl adjacent to an activating group) is 4. The van der Waals surface area contributed by atoms with Crippen molar-refractivity contribution in [3.63, 3.8) is 0 Å². The Bertz CT molecular complexity index is 1330. The molecule has 28 heteroatoms. The average molecular weight is 1060 g/mol. The minimum atomic E-state index is -5.39. The Labute approximate surface area is 421 Å². The minimum absolute atomic E-state index is 0.110. The first-order valence-corrected chi connectivity index (χ1v) is 26.5. The Morgan fingerprint density at radius 3 is 0.686 bits per heavy atom. The first-order valence-electron chi connectivity index (χ1n) is 23.5. The second-order valence-electron chi connectivity index (χ2n) is 20.0. The van der Waals surface area contributed by atoms with Crippen LogP contribution in [0.15, 0.2) is 0 Å². The lowest BCUT2D eigenvalue weighted by molar-refractivity contribution is -0.869. The number of nitrogens with one attached hydrogen (secondary N) is 5. The molecule has 0 aromatic carbocycles. The SMILES string of the molecule is C[N+](C)(C)CCNC(=O)CCCN.C[N+](C)(C)CCNC(=O)CCCN.C[N+](C)(C)CCNC(=O)CCCN.C[N+](C)(C)CCNC(=O)CCCN.NCCCC(=O)NCCS(=O)(=O)[O-].O=P([O-])([O-])[O-]. The van der Waals surface area contributed by atoms with Gasteiger partial charge in [0.1, 0.15) is 0 Å². The van der Waals surface area contributed by atoms with E-state index in [1.54, 1.807) is 0 Å². The highest BCUT2D eigenvalue weighted by Gasteiger charge is 2.10. The fourth-order valence-corrected chi connectivity index (χ4v) is 4.55. The number of nitrogens with zero attached hydrogens (tertiary/aromatic N) is 4. The summed E-state index contributed by atoms with van der Waals surface area (Å²) in [6.45, 7) is 9.41. The number of rotatable bonds is 30. The van der Waals surface area contributed by atoms with Crippen LogP contribution in [0.3, 0.4) is 0 Å². The van der Waals surface area contributed by atoms with Crippen LogP contribution < -0.4 is 69.9 Å². The zero-order valence-electron chi connectivity index (χ0n) is 45.1. The number of quaternary nitrogens is 4. The summed E-state index contributed by atoms with van der Waals surface area (Å²) in [7, 11) is 15.6. The molecule has 0 saturated carbocycles. The molecular formula is C42H101N14O12PS. The van der Waals surface area contributed by atoms with E-state index in [9.17, 15) is 36.9 Å². The molecule has 0 aromatic heterocycles. The van der Waals surface area contributed by atoms with Crippen LogP contribution in [0.2, 0.25) is 0 Å². The van der Waals surface area contributed by atoms with Crippen LogP contribution in [0, 0.1) is 0 Å². The van der Waals surface area contributed by atoms with Crippen LogP contribution in [0.5, 0.6) is 0 Å². The molecular weight excluding hydrogens is 956 g/mol. The van der Waals surface area contributed by atoms with E-state index < -0.39 is 23.7 Å². The third-order valence-corrected chi connectivity index (χ3v) is 8.84. The van der Waals surface area contributed by atoms with Crippen molar-refractivity contribution in [3.8, 4) is 0 Å². The van der Waals surface area contributed by atoms with Gasteiger partial charge in [-0.05, 0) is 64.8 Å². The number of carbonyl (C=O) groups excluding carboxylic acids is 5. The smallest absolute Gasteiger partial charge is 0.220 e. The van der Waals surface area contributed by atoms with Gasteiger partial charge in [0.25, 0.3) is 0 Å². The molecule has 0 unspecified atom stereocenters. The molecule has 0 spiro atoms. The predicted molar refractivity (Wildman–Crippen MR) is 270 cm³/mol. The van der Waals surface area contributed by atoms with Crippen LogP contribution in [0.1, 0.15) is 64.2 Å². The molecule has 5 amide bonds. The van der Waals surface area contributed by atoms with Crippen molar-refractivity contribution < 1.29 is 74.1 Å². The van der Waals surface area contributed by atoms with Gasteiger partial charge < -0.3 is 97.0 Å². The van der Waals surface area contributed by atoms with E-state index in [1.807, 2.05) is 0 Å². The zero-order chi connectivity index (χ0) is 56.1. The molecule has 0 radical (unpaired) electrons. The van der Waals surface area contributed by atoms with Gasteiger partial charge in [-0.1, -0.05) is 0 Å². The van der Waals surface area contributed by atoms with Gasteiger partial charge in [-0.15, -0.1) is 0 Å². The van der Waals surface area contributed by atoms with Crippen molar-refractivity contribution in [1.29, 1.82) is 0 Å².